The Morgan fingerprint density at radius 2 is 2.10 bits per heavy atom. The van der Waals surface area contributed by atoms with Gasteiger partial charge in [-0.05, 0) is 5.56 Å². The summed E-state index contributed by atoms with van der Waals surface area (Å²) in [6.45, 7) is 3.09. The molecule has 21 heavy (non-hydrogen) atoms. The third-order valence-corrected chi connectivity index (χ3v) is 4.63. The summed E-state index contributed by atoms with van der Waals surface area (Å²) in [5.41, 5.74) is 0.736. The van der Waals surface area contributed by atoms with E-state index in [0.717, 1.165) is 5.56 Å². The van der Waals surface area contributed by atoms with Crippen LogP contribution in [0.25, 0.3) is 0 Å². The molecule has 1 heterocycles. The van der Waals surface area contributed by atoms with Gasteiger partial charge in [0.05, 0.1) is 18.5 Å². The van der Waals surface area contributed by atoms with Crippen molar-refractivity contribution in [1.82, 2.24) is 9.62 Å². The number of hydrogen-bond donors (Lipinski definition) is 1. The van der Waals surface area contributed by atoms with Crippen LogP contribution in [0.1, 0.15) is 12.5 Å². The molecule has 1 aromatic carbocycles. The molecule has 116 valence electrons. The number of hydrogen-bond acceptors (Lipinski definition) is 4. The first-order chi connectivity index (χ1) is 9.96. The Morgan fingerprint density at radius 3 is 2.76 bits per heavy atom. The third-order valence-electron chi connectivity index (χ3n) is 3.31. The number of nitrogens with zero attached hydrogens (tertiary/aromatic N) is 1. The van der Waals surface area contributed by atoms with Crippen molar-refractivity contribution in [2.24, 2.45) is 0 Å². The fourth-order valence-corrected chi connectivity index (χ4v) is 3.37. The second-order valence-corrected chi connectivity index (χ2v) is 6.86. The van der Waals surface area contributed by atoms with Gasteiger partial charge in [0.25, 0.3) is 0 Å². The smallest absolute Gasteiger partial charge is 0.219 e. The number of carbonyl (C=O) groups excluding carboxylic acids is 1. The molecular weight excluding hydrogens is 292 g/mol. The van der Waals surface area contributed by atoms with E-state index in [1.54, 1.807) is 29.2 Å². The van der Waals surface area contributed by atoms with Gasteiger partial charge < -0.3 is 9.64 Å². The van der Waals surface area contributed by atoms with Crippen LogP contribution in [0.3, 0.4) is 0 Å². The summed E-state index contributed by atoms with van der Waals surface area (Å²) < 4.78 is 32.1. The van der Waals surface area contributed by atoms with Crippen molar-refractivity contribution >= 4 is 15.9 Å². The van der Waals surface area contributed by atoms with Crippen molar-refractivity contribution in [3.8, 4) is 0 Å². The predicted molar refractivity (Wildman–Crippen MR) is 79.1 cm³/mol. The van der Waals surface area contributed by atoms with Gasteiger partial charge in [-0.2, -0.15) is 0 Å². The SMILES string of the molecule is CC(=O)N1CCOC(CNS(=O)(=O)Cc2ccccc2)C1. The normalized spacial score (nSPS) is 19.5. The lowest BCUT2D eigenvalue weighted by molar-refractivity contribution is -0.136. The highest BCUT2D eigenvalue weighted by atomic mass is 32.2. The summed E-state index contributed by atoms with van der Waals surface area (Å²) >= 11 is 0. The molecule has 1 fully saturated rings. The van der Waals surface area contributed by atoms with Crippen molar-refractivity contribution in [1.29, 1.82) is 0 Å². The minimum Gasteiger partial charge on any atom is -0.373 e. The maximum Gasteiger partial charge on any atom is 0.219 e. The highest BCUT2D eigenvalue weighted by Gasteiger charge is 2.23. The van der Waals surface area contributed by atoms with Gasteiger partial charge in [-0.25, -0.2) is 13.1 Å². The van der Waals surface area contributed by atoms with Crippen molar-refractivity contribution in [3.63, 3.8) is 0 Å². The molecule has 1 aromatic rings. The molecule has 1 aliphatic heterocycles. The molecule has 0 bridgehead atoms. The van der Waals surface area contributed by atoms with E-state index >= 15 is 0 Å². The van der Waals surface area contributed by atoms with Gasteiger partial charge in [-0.15, -0.1) is 0 Å². The van der Waals surface area contributed by atoms with Crippen molar-refractivity contribution in [2.75, 3.05) is 26.2 Å². The average Bonchev–Trinajstić information content (AvgIpc) is 2.46. The Bertz CT molecular complexity index is 574. The topological polar surface area (TPSA) is 75.7 Å². The Morgan fingerprint density at radius 1 is 1.38 bits per heavy atom. The lowest BCUT2D eigenvalue weighted by atomic mass is 10.2. The summed E-state index contributed by atoms with van der Waals surface area (Å²) in [6.07, 6.45) is -0.298. The monoisotopic (exact) mass is 312 g/mol. The molecule has 7 heteroatoms. The highest BCUT2D eigenvalue weighted by Crippen LogP contribution is 2.07. The maximum absolute atomic E-state index is 12.0. The Balaban J connectivity index is 1.85. The molecule has 0 radical (unpaired) electrons. The number of rotatable bonds is 5. The van der Waals surface area contributed by atoms with E-state index in [1.165, 1.54) is 6.92 Å². The highest BCUT2D eigenvalue weighted by molar-refractivity contribution is 7.88. The minimum atomic E-state index is -3.41. The average molecular weight is 312 g/mol. The Kier molecular flexibility index (Phi) is 5.33. The number of morpholine rings is 1. The van der Waals surface area contributed by atoms with E-state index < -0.39 is 10.0 Å². The molecule has 1 aliphatic rings. The third kappa shape index (κ3) is 5.11. The lowest BCUT2D eigenvalue weighted by Crippen LogP contribution is -2.49. The van der Waals surface area contributed by atoms with Crippen LogP contribution in [0.4, 0.5) is 0 Å². The number of ether oxygens (including phenoxy) is 1. The van der Waals surface area contributed by atoms with Gasteiger partial charge in [0.2, 0.25) is 15.9 Å². The van der Waals surface area contributed by atoms with E-state index in [2.05, 4.69) is 4.72 Å². The molecule has 0 aliphatic carbocycles. The number of amides is 1. The first-order valence-corrected chi connectivity index (χ1v) is 8.50. The second kappa shape index (κ2) is 7.02. The molecule has 1 amide bonds. The zero-order valence-electron chi connectivity index (χ0n) is 12.0. The van der Waals surface area contributed by atoms with Crippen LogP contribution in [-0.2, 0) is 25.3 Å². The van der Waals surface area contributed by atoms with Gasteiger partial charge in [-0.1, -0.05) is 30.3 Å². The maximum atomic E-state index is 12.0. The van der Waals surface area contributed by atoms with Gasteiger partial charge in [0, 0.05) is 26.6 Å². The molecule has 0 saturated carbocycles. The van der Waals surface area contributed by atoms with E-state index in [9.17, 15) is 13.2 Å². The van der Waals surface area contributed by atoms with Crippen LogP contribution < -0.4 is 4.72 Å². The molecule has 1 atom stereocenters. The summed E-state index contributed by atoms with van der Waals surface area (Å²) in [6, 6.07) is 9.00. The van der Waals surface area contributed by atoms with E-state index in [4.69, 9.17) is 4.74 Å². The number of sulfonamides is 1. The number of benzene rings is 1. The van der Waals surface area contributed by atoms with Gasteiger partial charge >= 0.3 is 0 Å². The zero-order valence-corrected chi connectivity index (χ0v) is 12.8. The van der Waals surface area contributed by atoms with Gasteiger partial charge in [0.1, 0.15) is 0 Å². The van der Waals surface area contributed by atoms with E-state index in [1.807, 2.05) is 6.07 Å². The van der Waals surface area contributed by atoms with Crippen molar-refractivity contribution in [2.45, 2.75) is 18.8 Å². The van der Waals surface area contributed by atoms with Crippen molar-refractivity contribution in [3.05, 3.63) is 35.9 Å². The standard InChI is InChI=1S/C14H20N2O4S/c1-12(17)16-7-8-20-14(10-16)9-15-21(18,19)11-13-5-3-2-4-6-13/h2-6,14-15H,7-11H2,1H3. The molecular formula is C14H20N2O4S. The Labute approximate surface area is 125 Å². The molecule has 0 spiro atoms. The summed E-state index contributed by atoms with van der Waals surface area (Å²) in [7, 11) is -3.41. The van der Waals surface area contributed by atoms with E-state index in [-0.39, 0.29) is 24.3 Å². The van der Waals surface area contributed by atoms with Crippen LogP contribution in [0.5, 0.6) is 0 Å². The summed E-state index contributed by atoms with van der Waals surface area (Å²) in [4.78, 5) is 13.0. The molecule has 1 N–H and O–H groups in total. The minimum absolute atomic E-state index is 0.0181. The van der Waals surface area contributed by atoms with Crippen LogP contribution in [0.2, 0.25) is 0 Å². The molecule has 0 aromatic heterocycles. The fraction of sp³-hybridized carbons (Fsp3) is 0.500. The summed E-state index contributed by atoms with van der Waals surface area (Å²) in [5, 5.41) is 0. The predicted octanol–water partition coefficient (Wildman–Crippen LogP) is 0.353. The molecule has 1 saturated heterocycles. The first kappa shape index (κ1) is 15.9. The number of carbonyl (C=O) groups is 1. The summed E-state index contributed by atoms with van der Waals surface area (Å²) in [5.74, 6) is -0.0767. The fourth-order valence-electron chi connectivity index (χ4n) is 2.19. The molecule has 1 unspecified atom stereocenters. The second-order valence-electron chi connectivity index (χ2n) is 5.05. The van der Waals surface area contributed by atoms with Crippen LogP contribution >= 0.6 is 0 Å². The van der Waals surface area contributed by atoms with Crippen LogP contribution in [0, 0.1) is 0 Å². The van der Waals surface area contributed by atoms with Crippen LogP contribution in [0.15, 0.2) is 30.3 Å². The van der Waals surface area contributed by atoms with Gasteiger partial charge in [0.15, 0.2) is 0 Å². The van der Waals surface area contributed by atoms with E-state index in [0.29, 0.717) is 19.7 Å². The largest absolute Gasteiger partial charge is 0.373 e. The zero-order chi connectivity index (χ0) is 15.3. The quantitative estimate of drug-likeness (QED) is 0.851. The van der Waals surface area contributed by atoms with Crippen LogP contribution in [-0.4, -0.2) is 51.6 Å². The molecule has 2 rings (SSSR count). The number of nitrogens with one attached hydrogen (secondary N) is 1. The van der Waals surface area contributed by atoms with Gasteiger partial charge in [-0.3, -0.25) is 4.79 Å². The van der Waals surface area contributed by atoms with Crippen molar-refractivity contribution < 1.29 is 17.9 Å². The first-order valence-electron chi connectivity index (χ1n) is 6.84. The molecule has 6 nitrogen and oxygen atoms in total. The lowest BCUT2D eigenvalue weighted by Gasteiger charge is -2.32. The Hall–Kier alpha value is -1.44.